The van der Waals surface area contributed by atoms with Gasteiger partial charge in [0.05, 0.1) is 25.4 Å². The summed E-state index contributed by atoms with van der Waals surface area (Å²) in [6, 6.07) is -0.634. The Morgan fingerprint density at radius 1 is 0.409 bits per heavy atom. The van der Waals surface area contributed by atoms with E-state index in [9.17, 15) is 19.8 Å². The molecule has 0 aliphatic carbocycles. The van der Waals surface area contributed by atoms with E-state index in [1.54, 1.807) is 6.08 Å². The summed E-state index contributed by atoms with van der Waals surface area (Å²) >= 11 is 0. The molecule has 6 nitrogen and oxygen atoms in total. The van der Waals surface area contributed by atoms with Crippen LogP contribution in [0.25, 0.3) is 0 Å². The van der Waals surface area contributed by atoms with Crippen LogP contribution in [0.4, 0.5) is 0 Å². The predicted molar refractivity (Wildman–Crippen MR) is 287 cm³/mol. The highest BCUT2D eigenvalue weighted by molar-refractivity contribution is 5.76. The van der Waals surface area contributed by atoms with Crippen LogP contribution < -0.4 is 5.32 Å². The fourth-order valence-electron chi connectivity index (χ4n) is 9.16. The number of amides is 1. The summed E-state index contributed by atoms with van der Waals surface area (Å²) in [5.41, 5.74) is 0. The van der Waals surface area contributed by atoms with E-state index in [1.165, 1.54) is 244 Å². The van der Waals surface area contributed by atoms with E-state index in [2.05, 4.69) is 31.3 Å². The fourth-order valence-corrected chi connectivity index (χ4v) is 9.16. The molecule has 0 saturated carbocycles. The zero-order valence-corrected chi connectivity index (χ0v) is 44.4. The number of carbonyl (C=O) groups excluding carboxylic acids is 2. The molecule has 0 aliphatic heterocycles. The third kappa shape index (κ3) is 51.7. The van der Waals surface area contributed by atoms with E-state index in [-0.39, 0.29) is 18.5 Å². The van der Waals surface area contributed by atoms with Crippen LogP contribution in [0.3, 0.4) is 0 Å². The van der Waals surface area contributed by atoms with Gasteiger partial charge in [0.15, 0.2) is 0 Å². The van der Waals surface area contributed by atoms with Crippen LogP contribution >= 0.6 is 0 Å². The van der Waals surface area contributed by atoms with E-state index in [0.29, 0.717) is 19.4 Å². The summed E-state index contributed by atoms with van der Waals surface area (Å²) < 4.78 is 5.48. The van der Waals surface area contributed by atoms with Gasteiger partial charge in [0, 0.05) is 12.8 Å². The van der Waals surface area contributed by atoms with Crippen LogP contribution in [0.1, 0.15) is 322 Å². The molecule has 0 aromatic rings. The Morgan fingerprint density at radius 3 is 1.08 bits per heavy atom. The highest BCUT2D eigenvalue weighted by Gasteiger charge is 2.18. The van der Waals surface area contributed by atoms with Crippen LogP contribution in [0.2, 0.25) is 0 Å². The van der Waals surface area contributed by atoms with Gasteiger partial charge in [-0.3, -0.25) is 9.59 Å². The standard InChI is InChI=1S/C60H115NO5/c1-3-5-7-9-11-13-15-17-19-21-24-28-32-36-40-44-48-52-58(63)57(56-62)61-59(64)53-49-45-41-37-33-29-25-23-27-31-35-39-43-47-51-55-66-60(65)54-50-46-42-38-34-30-26-22-20-18-16-14-12-10-8-6-4-2/h18,20,48,52,57-58,62-63H,3-17,19,21-47,49-51,53-56H2,1-2H3,(H,61,64)/b20-18-,52-48+. The number of esters is 1. The van der Waals surface area contributed by atoms with Crippen LogP contribution in [0, 0.1) is 0 Å². The highest BCUT2D eigenvalue weighted by Crippen LogP contribution is 2.17. The maximum absolute atomic E-state index is 12.5. The lowest BCUT2D eigenvalue weighted by atomic mass is 10.0. The van der Waals surface area contributed by atoms with Crippen LogP contribution in [0.5, 0.6) is 0 Å². The molecule has 3 N–H and O–H groups in total. The smallest absolute Gasteiger partial charge is 0.305 e. The van der Waals surface area contributed by atoms with Crippen molar-refractivity contribution in [3.05, 3.63) is 24.3 Å². The number of carbonyl (C=O) groups is 2. The summed E-state index contributed by atoms with van der Waals surface area (Å²) in [5.74, 6) is -0.0780. The minimum atomic E-state index is -0.850. The Kier molecular flexibility index (Phi) is 54.5. The molecule has 0 aromatic carbocycles. The minimum absolute atomic E-state index is 0.00339. The van der Waals surface area contributed by atoms with E-state index in [0.717, 1.165) is 51.4 Å². The van der Waals surface area contributed by atoms with Crippen LogP contribution in [-0.2, 0) is 14.3 Å². The van der Waals surface area contributed by atoms with Gasteiger partial charge in [0.2, 0.25) is 5.91 Å². The largest absolute Gasteiger partial charge is 0.466 e. The van der Waals surface area contributed by atoms with Crippen molar-refractivity contribution in [2.24, 2.45) is 0 Å². The Hall–Kier alpha value is -1.66. The molecule has 0 aliphatic rings. The maximum atomic E-state index is 12.5. The predicted octanol–water partition coefficient (Wildman–Crippen LogP) is 18.2. The second kappa shape index (κ2) is 55.9. The first-order valence-corrected chi connectivity index (χ1v) is 29.6. The molecule has 0 radical (unpaired) electrons. The number of hydrogen-bond acceptors (Lipinski definition) is 5. The monoisotopic (exact) mass is 930 g/mol. The molecule has 6 heteroatoms. The molecule has 66 heavy (non-hydrogen) atoms. The minimum Gasteiger partial charge on any atom is -0.466 e. The summed E-state index contributed by atoms with van der Waals surface area (Å²) in [6.07, 6.45) is 67.7. The molecule has 0 aromatic heterocycles. The van der Waals surface area contributed by atoms with E-state index in [1.807, 2.05) is 6.08 Å². The Bertz CT molecular complexity index is 1030. The summed E-state index contributed by atoms with van der Waals surface area (Å²) in [6.45, 7) is 4.90. The molecule has 0 bridgehead atoms. The molecule has 0 rings (SSSR count). The number of rotatable bonds is 55. The lowest BCUT2D eigenvalue weighted by Crippen LogP contribution is -2.45. The first kappa shape index (κ1) is 64.3. The zero-order valence-electron chi connectivity index (χ0n) is 44.4. The lowest BCUT2D eigenvalue weighted by molar-refractivity contribution is -0.143. The van der Waals surface area contributed by atoms with Gasteiger partial charge in [-0.1, -0.05) is 276 Å². The number of nitrogens with one attached hydrogen (secondary N) is 1. The van der Waals surface area contributed by atoms with E-state index in [4.69, 9.17) is 4.74 Å². The quantitative estimate of drug-likeness (QED) is 0.0321. The molecular weight excluding hydrogens is 815 g/mol. The Morgan fingerprint density at radius 2 is 0.712 bits per heavy atom. The van der Waals surface area contributed by atoms with Crippen LogP contribution in [0.15, 0.2) is 24.3 Å². The molecular formula is C60H115NO5. The van der Waals surface area contributed by atoms with Gasteiger partial charge in [-0.15, -0.1) is 0 Å². The SMILES string of the molecule is CCCCCCCC/C=C\CCCCCCCCCC(=O)OCCCCCCCCCCCCCCCCCC(=O)NC(CO)C(O)/C=C/CCCCCCCCCCCCCCCCC. The van der Waals surface area contributed by atoms with Gasteiger partial charge < -0.3 is 20.3 Å². The van der Waals surface area contributed by atoms with Crippen molar-refractivity contribution in [2.75, 3.05) is 13.2 Å². The van der Waals surface area contributed by atoms with Crippen LogP contribution in [-0.4, -0.2) is 47.4 Å². The van der Waals surface area contributed by atoms with Crippen molar-refractivity contribution >= 4 is 11.9 Å². The first-order chi connectivity index (χ1) is 32.5. The normalized spacial score (nSPS) is 12.7. The zero-order chi connectivity index (χ0) is 47.9. The number of hydrogen-bond donors (Lipinski definition) is 3. The third-order valence-corrected chi connectivity index (χ3v) is 13.7. The summed E-state index contributed by atoms with van der Waals surface area (Å²) in [5, 5.41) is 23.1. The maximum Gasteiger partial charge on any atom is 0.305 e. The molecule has 0 heterocycles. The van der Waals surface area contributed by atoms with Crippen molar-refractivity contribution in [2.45, 2.75) is 334 Å². The molecule has 390 valence electrons. The van der Waals surface area contributed by atoms with Crippen molar-refractivity contribution in [1.82, 2.24) is 5.32 Å². The van der Waals surface area contributed by atoms with Gasteiger partial charge in [0.25, 0.3) is 0 Å². The second-order valence-electron chi connectivity index (χ2n) is 20.3. The van der Waals surface area contributed by atoms with Gasteiger partial charge in [-0.25, -0.2) is 0 Å². The van der Waals surface area contributed by atoms with Gasteiger partial charge in [0.1, 0.15) is 0 Å². The van der Waals surface area contributed by atoms with Crippen molar-refractivity contribution < 1.29 is 24.5 Å². The fraction of sp³-hybridized carbons (Fsp3) is 0.900. The lowest BCUT2D eigenvalue weighted by Gasteiger charge is -2.20. The average Bonchev–Trinajstić information content (AvgIpc) is 3.32. The van der Waals surface area contributed by atoms with Gasteiger partial charge >= 0.3 is 5.97 Å². The van der Waals surface area contributed by atoms with E-state index >= 15 is 0 Å². The topological polar surface area (TPSA) is 95.9 Å². The molecule has 1 amide bonds. The average molecular weight is 931 g/mol. The molecule has 2 atom stereocenters. The molecule has 2 unspecified atom stereocenters. The van der Waals surface area contributed by atoms with Crippen molar-refractivity contribution in [3.63, 3.8) is 0 Å². The highest BCUT2D eigenvalue weighted by atomic mass is 16.5. The second-order valence-corrected chi connectivity index (χ2v) is 20.3. The van der Waals surface area contributed by atoms with Gasteiger partial charge in [-0.05, 0) is 57.8 Å². The molecule has 0 spiro atoms. The van der Waals surface area contributed by atoms with Gasteiger partial charge in [-0.2, -0.15) is 0 Å². The number of aliphatic hydroxyl groups is 2. The Labute approximate surface area is 411 Å². The number of unbranched alkanes of at least 4 members (excludes halogenated alkanes) is 42. The number of allylic oxidation sites excluding steroid dienone is 3. The summed E-state index contributed by atoms with van der Waals surface area (Å²) in [7, 11) is 0. The summed E-state index contributed by atoms with van der Waals surface area (Å²) in [4.78, 5) is 24.5. The third-order valence-electron chi connectivity index (χ3n) is 13.7. The first-order valence-electron chi connectivity index (χ1n) is 29.6. The number of ether oxygens (including phenoxy) is 1. The number of aliphatic hydroxyl groups excluding tert-OH is 2. The van der Waals surface area contributed by atoms with E-state index < -0.39 is 12.1 Å². The van der Waals surface area contributed by atoms with Crippen molar-refractivity contribution in [1.29, 1.82) is 0 Å². The van der Waals surface area contributed by atoms with Crippen molar-refractivity contribution in [3.8, 4) is 0 Å². The molecule has 0 saturated heterocycles. The Balaban J connectivity index is 3.45. The molecule has 0 fully saturated rings.